The van der Waals surface area contributed by atoms with Gasteiger partial charge in [-0.25, -0.2) is 21.9 Å². The topological polar surface area (TPSA) is 90.0 Å². The number of alkyl halides is 3. The number of carbonyl (C=O) groups is 2. The van der Waals surface area contributed by atoms with Gasteiger partial charge >= 0.3 is 12.1 Å². The summed E-state index contributed by atoms with van der Waals surface area (Å²) in [5, 5.41) is 0. The highest BCUT2D eigenvalue weighted by Gasteiger charge is 2.61. The number of rotatable bonds is 9. The fraction of sp³-hybridized carbons (Fsp3) is 0.704. The fourth-order valence-electron chi connectivity index (χ4n) is 7.66. The van der Waals surface area contributed by atoms with Gasteiger partial charge in [0.2, 0.25) is 10.0 Å². The van der Waals surface area contributed by atoms with Crippen molar-refractivity contribution in [3.63, 3.8) is 0 Å². The number of sulfonamides is 1. The van der Waals surface area contributed by atoms with Crippen LogP contribution in [0, 0.1) is 23.1 Å². The van der Waals surface area contributed by atoms with Crippen LogP contribution in [-0.2, 0) is 19.6 Å². The number of carbonyl (C=O) groups excluding carboxylic acids is 2. The maximum Gasteiger partial charge on any atom is 0.490 e. The molecule has 5 saturated carbocycles. The molecule has 6 fully saturated rings. The van der Waals surface area contributed by atoms with Crippen LogP contribution in [0.5, 0.6) is 5.75 Å². The van der Waals surface area contributed by atoms with Crippen molar-refractivity contribution in [3.8, 4) is 5.75 Å². The zero-order valence-corrected chi connectivity index (χ0v) is 22.2. The molecule has 1 heterocycles. The van der Waals surface area contributed by atoms with Gasteiger partial charge < -0.3 is 9.47 Å². The predicted molar refractivity (Wildman–Crippen MR) is 130 cm³/mol. The minimum atomic E-state index is -5.06. The summed E-state index contributed by atoms with van der Waals surface area (Å²) in [6.45, 7) is 0.859. The molecule has 0 spiro atoms. The molecule has 39 heavy (non-hydrogen) atoms. The second-order valence-electron chi connectivity index (χ2n) is 12.4. The van der Waals surface area contributed by atoms with Crippen molar-refractivity contribution in [1.82, 2.24) is 4.31 Å². The molecule has 0 amide bonds. The Morgan fingerprint density at radius 2 is 1.72 bits per heavy atom. The highest BCUT2D eigenvalue weighted by Crippen LogP contribution is 2.63. The minimum absolute atomic E-state index is 0.0644. The molecule has 1 aliphatic heterocycles. The van der Waals surface area contributed by atoms with Crippen LogP contribution in [0.15, 0.2) is 12.1 Å². The zero-order chi connectivity index (χ0) is 27.8. The van der Waals surface area contributed by atoms with Crippen LogP contribution in [0.4, 0.5) is 17.6 Å². The number of Topliss-reactive ketones (excluding diaryl/α,β-unsaturated/α-hetero) is 1. The van der Waals surface area contributed by atoms with E-state index in [4.69, 9.17) is 9.47 Å². The van der Waals surface area contributed by atoms with E-state index in [-0.39, 0.29) is 42.1 Å². The lowest BCUT2D eigenvalue weighted by Crippen LogP contribution is -2.59. The SMILES string of the molecule is O=C(CS(=O)(=O)N1CCC1)c1cc(C2CC2)c(OCC23CC4CC(C2)CC(OC(=O)C(F)(F)F)(C4)C3)cc1F. The van der Waals surface area contributed by atoms with Gasteiger partial charge in [-0.05, 0) is 87.2 Å². The standard InChI is InChI=1S/C27H31F4NO6S/c28-21-8-23(19(18-2-3-18)7-20(21)22(33)13-39(35,36)32-4-1-5-32)37-15-25-9-16-6-17(10-25)12-26(11-16,14-25)38-24(34)27(29,30)31/h7-8,16-18H,1-6,9-15H2. The third-order valence-electron chi connectivity index (χ3n) is 9.14. The summed E-state index contributed by atoms with van der Waals surface area (Å²) in [5.41, 5.74) is -1.29. The van der Waals surface area contributed by atoms with Crippen molar-refractivity contribution in [2.24, 2.45) is 17.3 Å². The zero-order valence-electron chi connectivity index (χ0n) is 21.4. The Morgan fingerprint density at radius 3 is 2.28 bits per heavy atom. The first-order chi connectivity index (χ1) is 18.3. The van der Waals surface area contributed by atoms with Crippen LogP contribution in [0.3, 0.4) is 0 Å². The Bertz CT molecular complexity index is 1290. The van der Waals surface area contributed by atoms with E-state index in [1.807, 2.05) is 0 Å². The number of esters is 1. The third-order valence-corrected chi connectivity index (χ3v) is 10.9. The van der Waals surface area contributed by atoms with Gasteiger partial charge in [-0.1, -0.05) is 0 Å². The number of nitrogens with zero attached hydrogens (tertiary/aromatic N) is 1. The van der Waals surface area contributed by atoms with Gasteiger partial charge in [0.1, 0.15) is 22.9 Å². The van der Waals surface area contributed by atoms with Crippen LogP contribution < -0.4 is 4.74 Å². The van der Waals surface area contributed by atoms with Crippen LogP contribution in [0.25, 0.3) is 0 Å². The van der Waals surface area contributed by atoms with Crippen LogP contribution in [0.2, 0.25) is 0 Å². The van der Waals surface area contributed by atoms with Gasteiger partial charge in [-0.15, -0.1) is 0 Å². The summed E-state index contributed by atoms with van der Waals surface area (Å²) < 4.78 is 91.6. The third kappa shape index (κ3) is 5.18. The summed E-state index contributed by atoms with van der Waals surface area (Å²) in [4.78, 5) is 24.5. The van der Waals surface area contributed by atoms with E-state index >= 15 is 4.39 Å². The highest BCUT2D eigenvalue weighted by molar-refractivity contribution is 7.89. The van der Waals surface area contributed by atoms with Crippen LogP contribution in [0.1, 0.15) is 79.6 Å². The van der Waals surface area contributed by atoms with E-state index in [9.17, 15) is 31.2 Å². The number of hydrogen-bond acceptors (Lipinski definition) is 6. The molecule has 0 aromatic heterocycles. The Kier molecular flexibility index (Phi) is 6.33. The summed E-state index contributed by atoms with van der Waals surface area (Å²) in [6, 6.07) is 2.54. The lowest BCUT2D eigenvalue weighted by atomic mass is 9.48. The normalized spacial score (nSPS) is 32.1. The number of halogens is 4. The molecule has 1 aromatic rings. The maximum atomic E-state index is 15.2. The molecule has 6 aliphatic rings. The Balaban J connectivity index is 1.20. The fourth-order valence-corrected chi connectivity index (χ4v) is 9.15. The molecule has 1 aromatic carbocycles. The maximum absolute atomic E-state index is 15.2. The monoisotopic (exact) mass is 573 g/mol. The van der Waals surface area contributed by atoms with Crippen molar-refractivity contribution in [3.05, 3.63) is 29.1 Å². The minimum Gasteiger partial charge on any atom is -0.493 e. The van der Waals surface area contributed by atoms with Crippen molar-refractivity contribution in [2.45, 2.75) is 75.5 Å². The lowest BCUT2D eigenvalue weighted by molar-refractivity contribution is -0.240. The van der Waals surface area contributed by atoms with Crippen molar-refractivity contribution in [2.75, 3.05) is 25.4 Å². The number of benzene rings is 1. The van der Waals surface area contributed by atoms with Crippen LogP contribution >= 0.6 is 0 Å². The molecular weight excluding hydrogens is 542 g/mol. The van der Waals surface area contributed by atoms with E-state index in [0.717, 1.165) is 44.6 Å². The first kappa shape index (κ1) is 27.0. The van der Waals surface area contributed by atoms with Gasteiger partial charge in [0.25, 0.3) is 0 Å². The summed E-state index contributed by atoms with van der Waals surface area (Å²) in [6.07, 6.45) is 0.764. The van der Waals surface area contributed by atoms with E-state index in [2.05, 4.69) is 0 Å². The molecule has 2 atom stereocenters. The molecule has 12 heteroatoms. The molecule has 4 bridgehead atoms. The number of ketones is 1. The first-order valence-corrected chi connectivity index (χ1v) is 15.1. The van der Waals surface area contributed by atoms with E-state index in [0.29, 0.717) is 31.5 Å². The Labute approximate surface area is 224 Å². The molecule has 0 N–H and O–H groups in total. The molecule has 0 radical (unpaired) electrons. The van der Waals surface area contributed by atoms with Crippen molar-refractivity contribution in [1.29, 1.82) is 0 Å². The average molecular weight is 574 g/mol. The Morgan fingerprint density at radius 1 is 1.05 bits per heavy atom. The highest BCUT2D eigenvalue weighted by atomic mass is 32.2. The molecule has 7 rings (SSSR count). The molecular formula is C27H31F4NO6S. The van der Waals surface area contributed by atoms with Crippen LogP contribution in [-0.4, -0.2) is 61.7 Å². The van der Waals surface area contributed by atoms with E-state index in [1.165, 1.54) is 10.4 Å². The predicted octanol–water partition coefficient (Wildman–Crippen LogP) is 4.74. The quantitative estimate of drug-likeness (QED) is 0.241. The number of ether oxygens (including phenoxy) is 2. The molecule has 5 aliphatic carbocycles. The van der Waals surface area contributed by atoms with Gasteiger partial charge in [0, 0.05) is 24.6 Å². The summed E-state index contributed by atoms with van der Waals surface area (Å²) >= 11 is 0. The molecule has 7 nitrogen and oxygen atoms in total. The smallest absolute Gasteiger partial charge is 0.490 e. The molecule has 214 valence electrons. The first-order valence-electron chi connectivity index (χ1n) is 13.5. The van der Waals surface area contributed by atoms with Gasteiger partial charge in [-0.3, -0.25) is 4.79 Å². The number of hydrogen-bond donors (Lipinski definition) is 0. The average Bonchev–Trinajstić information content (AvgIpc) is 3.59. The van der Waals surface area contributed by atoms with Gasteiger partial charge in [-0.2, -0.15) is 13.2 Å². The summed E-state index contributed by atoms with van der Waals surface area (Å²) in [7, 11) is -3.80. The second kappa shape index (κ2) is 9.15. The van der Waals surface area contributed by atoms with Gasteiger partial charge in [0.05, 0.1) is 12.2 Å². The second-order valence-corrected chi connectivity index (χ2v) is 14.4. The van der Waals surface area contributed by atoms with E-state index in [1.54, 1.807) is 0 Å². The summed E-state index contributed by atoms with van der Waals surface area (Å²) in [5.74, 6) is -4.02. The Hall–Kier alpha value is -2.21. The van der Waals surface area contributed by atoms with E-state index < -0.39 is 50.5 Å². The largest absolute Gasteiger partial charge is 0.493 e. The molecule has 2 unspecified atom stereocenters. The lowest BCUT2D eigenvalue weighted by Gasteiger charge is -2.60. The van der Waals surface area contributed by atoms with Gasteiger partial charge in [0.15, 0.2) is 5.78 Å². The molecule has 1 saturated heterocycles. The van der Waals surface area contributed by atoms with Crippen molar-refractivity contribution >= 4 is 21.8 Å². The van der Waals surface area contributed by atoms with Crippen molar-refractivity contribution < 1.29 is 45.0 Å².